The van der Waals surface area contributed by atoms with Gasteiger partial charge in [0.05, 0.1) is 27.7 Å². The van der Waals surface area contributed by atoms with Crippen LogP contribution >= 0.6 is 7.82 Å². The van der Waals surface area contributed by atoms with Gasteiger partial charge in [0, 0.05) is 12.8 Å². The molecule has 0 fully saturated rings. The predicted molar refractivity (Wildman–Crippen MR) is 217 cm³/mol. The van der Waals surface area contributed by atoms with Crippen molar-refractivity contribution in [2.24, 2.45) is 0 Å². The van der Waals surface area contributed by atoms with E-state index in [1.165, 1.54) is 77.0 Å². The molecule has 0 aromatic carbocycles. The number of carbonyl (C=O) groups excluding carboxylic acids is 2. The maximum atomic E-state index is 12.6. The number of quaternary nitrogens is 1. The molecule has 0 saturated heterocycles. The first-order valence-corrected chi connectivity index (χ1v) is 22.3. The maximum Gasteiger partial charge on any atom is 0.306 e. The molecule has 10 heteroatoms. The number of esters is 2. The molecule has 0 radical (unpaired) electrons. The third-order valence-corrected chi connectivity index (χ3v) is 9.57. The number of likely N-dealkylation sites (N-methyl/N-ethyl adjacent to an activating group) is 1. The summed E-state index contributed by atoms with van der Waals surface area (Å²) in [6, 6.07) is 0. The number of allylic oxidation sites excluding steroid dienone is 8. The Hall–Kier alpha value is -2.03. The van der Waals surface area contributed by atoms with Crippen LogP contribution in [0, 0.1) is 0 Å². The van der Waals surface area contributed by atoms with Crippen LogP contribution in [0.2, 0.25) is 0 Å². The van der Waals surface area contributed by atoms with Gasteiger partial charge in [-0.2, -0.15) is 0 Å². The highest BCUT2D eigenvalue weighted by atomic mass is 31.2. The summed E-state index contributed by atoms with van der Waals surface area (Å²) >= 11 is 0. The zero-order valence-electron chi connectivity index (χ0n) is 34.4. The molecule has 53 heavy (non-hydrogen) atoms. The fraction of sp³-hybridized carbons (Fsp3) is 0.767. The lowest BCUT2D eigenvalue weighted by molar-refractivity contribution is -0.870. The van der Waals surface area contributed by atoms with Crippen molar-refractivity contribution in [2.75, 3.05) is 47.5 Å². The Morgan fingerprint density at radius 2 is 1.04 bits per heavy atom. The number of unbranched alkanes of at least 4 members (excludes halogenated alkanes) is 15. The number of nitrogens with zero attached hydrogens (tertiary/aromatic N) is 1. The fourth-order valence-electron chi connectivity index (χ4n) is 5.29. The van der Waals surface area contributed by atoms with E-state index in [0.29, 0.717) is 23.9 Å². The Balaban J connectivity index is 4.48. The van der Waals surface area contributed by atoms with Crippen LogP contribution in [0.15, 0.2) is 48.6 Å². The second-order valence-electron chi connectivity index (χ2n) is 15.0. The third-order valence-electron chi connectivity index (χ3n) is 8.60. The highest BCUT2D eigenvalue weighted by Gasteiger charge is 2.21. The second-order valence-corrected chi connectivity index (χ2v) is 16.4. The molecule has 0 bridgehead atoms. The number of rotatable bonds is 37. The van der Waals surface area contributed by atoms with E-state index in [1.807, 2.05) is 21.1 Å². The number of carbonyl (C=O) groups is 2. The van der Waals surface area contributed by atoms with Crippen LogP contribution in [-0.2, 0) is 32.7 Å². The van der Waals surface area contributed by atoms with Crippen molar-refractivity contribution in [3.05, 3.63) is 48.6 Å². The average Bonchev–Trinajstić information content (AvgIpc) is 3.10. The predicted octanol–water partition coefficient (Wildman–Crippen LogP) is 10.9. The Labute approximate surface area is 324 Å². The van der Waals surface area contributed by atoms with Crippen molar-refractivity contribution in [1.29, 1.82) is 0 Å². The molecule has 0 aromatic rings. The molecular weight excluding hydrogens is 689 g/mol. The minimum Gasteiger partial charge on any atom is -0.756 e. The molecule has 0 aromatic heterocycles. The maximum absolute atomic E-state index is 12.6. The van der Waals surface area contributed by atoms with Gasteiger partial charge in [-0.25, -0.2) is 0 Å². The molecule has 0 aliphatic rings. The molecule has 0 amide bonds. The highest BCUT2D eigenvalue weighted by molar-refractivity contribution is 7.45. The topological polar surface area (TPSA) is 111 Å². The van der Waals surface area contributed by atoms with Gasteiger partial charge in [-0.3, -0.25) is 14.2 Å². The summed E-state index contributed by atoms with van der Waals surface area (Å²) in [7, 11) is 1.13. The minimum absolute atomic E-state index is 0.0396. The summed E-state index contributed by atoms with van der Waals surface area (Å²) in [5, 5.41) is 0. The zero-order chi connectivity index (χ0) is 39.3. The summed E-state index contributed by atoms with van der Waals surface area (Å²) in [5.41, 5.74) is 0. The zero-order valence-corrected chi connectivity index (χ0v) is 35.3. The highest BCUT2D eigenvalue weighted by Crippen LogP contribution is 2.38. The number of hydrogen-bond donors (Lipinski definition) is 0. The first kappa shape index (κ1) is 51.0. The first-order valence-electron chi connectivity index (χ1n) is 20.8. The van der Waals surface area contributed by atoms with E-state index in [9.17, 15) is 19.0 Å². The molecule has 0 aliphatic heterocycles. The summed E-state index contributed by atoms with van der Waals surface area (Å²) in [6.45, 7) is 4.12. The monoisotopic (exact) mass is 768 g/mol. The number of hydrogen-bond acceptors (Lipinski definition) is 8. The van der Waals surface area contributed by atoms with Crippen molar-refractivity contribution in [2.45, 2.75) is 168 Å². The van der Waals surface area contributed by atoms with Gasteiger partial charge >= 0.3 is 11.9 Å². The summed E-state index contributed by atoms with van der Waals surface area (Å²) < 4.78 is 33.7. The van der Waals surface area contributed by atoms with Crippen LogP contribution in [0.4, 0.5) is 0 Å². The van der Waals surface area contributed by atoms with Gasteiger partial charge in [-0.05, 0) is 51.4 Å². The SMILES string of the molecule is CCCCC/C=C/C/C=C/C/C=C/C/C=C/CCCC(=O)OC[C@@H](COP(=O)([O-])OCC[N+](C)(C)C)OC(=O)CCCCCCCCCCCCCC. The molecule has 308 valence electrons. The summed E-state index contributed by atoms with van der Waals surface area (Å²) in [4.78, 5) is 37.4. The number of ether oxygens (including phenoxy) is 2. The molecule has 0 rings (SSSR count). The van der Waals surface area contributed by atoms with Crippen LogP contribution in [0.1, 0.15) is 162 Å². The molecule has 0 aliphatic carbocycles. The molecule has 2 atom stereocenters. The van der Waals surface area contributed by atoms with Crippen molar-refractivity contribution in [3.8, 4) is 0 Å². The van der Waals surface area contributed by atoms with Gasteiger partial charge in [0.15, 0.2) is 6.10 Å². The van der Waals surface area contributed by atoms with Crippen LogP contribution in [0.25, 0.3) is 0 Å². The first-order chi connectivity index (χ1) is 25.5. The number of phosphoric ester groups is 1. The van der Waals surface area contributed by atoms with Crippen LogP contribution in [0.5, 0.6) is 0 Å². The molecule has 0 saturated carbocycles. The molecule has 1 unspecified atom stereocenters. The smallest absolute Gasteiger partial charge is 0.306 e. The van der Waals surface area contributed by atoms with Crippen molar-refractivity contribution < 1.29 is 42.1 Å². The molecule has 0 spiro atoms. The van der Waals surface area contributed by atoms with E-state index in [2.05, 4.69) is 62.5 Å². The lowest BCUT2D eigenvalue weighted by atomic mass is 10.0. The van der Waals surface area contributed by atoms with Gasteiger partial charge in [-0.15, -0.1) is 0 Å². The molecule has 0 N–H and O–H groups in total. The van der Waals surface area contributed by atoms with E-state index in [4.69, 9.17) is 18.5 Å². The Bertz CT molecular complexity index is 1050. The molecular formula is C43H78NO8P. The summed E-state index contributed by atoms with van der Waals surface area (Å²) in [6.07, 6.45) is 40.0. The van der Waals surface area contributed by atoms with E-state index in [-0.39, 0.29) is 26.1 Å². The lowest BCUT2D eigenvalue weighted by Crippen LogP contribution is -2.37. The van der Waals surface area contributed by atoms with Gasteiger partial charge in [0.2, 0.25) is 0 Å². The minimum atomic E-state index is -4.63. The van der Waals surface area contributed by atoms with E-state index in [1.54, 1.807) is 0 Å². The Morgan fingerprint density at radius 1 is 0.585 bits per heavy atom. The van der Waals surface area contributed by atoms with Crippen molar-refractivity contribution >= 4 is 19.8 Å². The lowest BCUT2D eigenvalue weighted by Gasteiger charge is -2.28. The van der Waals surface area contributed by atoms with Crippen molar-refractivity contribution in [3.63, 3.8) is 0 Å². The fourth-order valence-corrected chi connectivity index (χ4v) is 6.02. The van der Waals surface area contributed by atoms with Crippen LogP contribution in [-0.4, -0.2) is 70.0 Å². The summed E-state index contributed by atoms with van der Waals surface area (Å²) in [5.74, 6) is -0.902. The van der Waals surface area contributed by atoms with Gasteiger partial charge < -0.3 is 27.9 Å². The van der Waals surface area contributed by atoms with Crippen LogP contribution < -0.4 is 4.89 Å². The molecule has 0 heterocycles. The normalized spacial score (nSPS) is 14.2. The Morgan fingerprint density at radius 3 is 1.57 bits per heavy atom. The second kappa shape index (κ2) is 35.7. The van der Waals surface area contributed by atoms with Gasteiger partial charge in [0.1, 0.15) is 19.8 Å². The average molecular weight is 768 g/mol. The van der Waals surface area contributed by atoms with Gasteiger partial charge in [-0.1, -0.05) is 146 Å². The van der Waals surface area contributed by atoms with E-state index in [0.717, 1.165) is 44.9 Å². The van der Waals surface area contributed by atoms with Crippen LogP contribution in [0.3, 0.4) is 0 Å². The van der Waals surface area contributed by atoms with Crippen molar-refractivity contribution in [1.82, 2.24) is 0 Å². The largest absolute Gasteiger partial charge is 0.756 e. The third kappa shape index (κ3) is 39.5. The number of phosphoric acid groups is 1. The van der Waals surface area contributed by atoms with Gasteiger partial charge in [0.25, 0.3) is 7.82 Å². The molecule has 9 nitrogen and oxygen atoms in total. The standard InChI is InChI=1S/C43H78NO8P/c1-6-8-10-12-14-16-18-20-21-22-23-24-26-27-29-31-33-35-42(45)49-39-41(40-51-53(47,48)50-38-37-44(3,4)5)52-43(46)36-34-32-30-28-25-19-17-15-13-11-9-7-2/h14,16,20-21,23-24,27,29,41H,6-13,15,17-19,22,25-26,28,30-40H2,1-5H3/b16-14+,21-20+,24-23+,29-27+/t41-/m0/s1. The van der Waals surface area contributed by atoms with E-state index >= 15 is 0 Å². The quantitative estimate of drug-likeness (QED) is 0.0202. The Kier molecular flexibility index (Phi) is 34.3. The van der Waals surface area contributed by atoms with E-state index < -0.39 is 32.5 Å².